The van der Waals surface area contributed by atoms with Crippen molar-refractivity contribution in [3.05, 3.63) is 28.7 Å². The van der Waals surface area contributed by atoms with E-state index in [0.29, 0.717) is 5.69 Å². The first-order chi connectivity index (χ1) is 6.31. The molecule has 64 valence electrons. The number of aryl methyl sites for hydroxylation is 1. The van der Waals surface area contributed by atoms with Gasteiger partial charge in [0.2, 0.25) is 0 Å². The second-order valence-electron chi connectivity index (χ2n) is 2.69. The Kier molecular flexibility index (Phi) is 1.87. The standard InChI is InChI=1S/C9H7N3S/c1-12-5-8(9(4-10)11-12)7-2-3-13-6-7/h2-3,5-6H,1H3. The van der Waals surface area contributed by atoms with Crippen molar-refractivity contribution in [1.29, 1.82) is 5.26 Å². The molecule has 2 heterocycles. The summed E-state index contributed by atoms with van der Waals surface area (Å²) in [6.45, 7) is 0. The number of rotatable bonds is 1. The van der Waals surface area contributed by atoms with Crippen molar-refractivity contribution in [2.45, 2.75) is 0 Å². The van der Waals surface area contributed by atoms with Gasteiger partial charge in [0, 0.05) is 18.8 Å². The van der Waals surface area contributed by atoms with Crippen molar-refractivity contribution in [2.24, 2.45) is 7.05 Å². The summed E-state index contributed by atoms with van der Waals surface area (Å²) in [6.07, 6.45) is 1.86. The molecule has 0 aliphatic heterocycles. The molecule has 4 heteroatoms. The van der Waals surface area contributed by atoms with E-state index < -0.39 is 0 Å². The van der Waals surface area contributed by atoms with Crippen molar-refractivity contribution in [3.63, 3.8) is 0 Å². The van der Waals surface area contributed by atoms with Crippen LogP contribution in [-0.2, 0) is 7.05 Å². The minimum absolute atomic E-state index is 0.487. The van der Waals surface area contributed by atoms with Crippen molar-refractivity contribution in [1.82, 2.24) is 9.78 Å². The third-order valence-corrected chi connectivity index (χ3v) is 2.45. The van der Waals surface area contributed by atoms with Gasteiger partial charge in [-0.05, 0) is 22.4 Å². The molecule has 0 aromatic carbocycles. The molecule has 0 saturated heterocycles. The predicted molar refractivity (Wildman–Crippen MR) is 51.2 cm³/mol. The lowest BCUT2D eigenvalue weighted by Gasteiger charge is -1.88. The Labute approximate surface area is 79.9 Å². The SMILES string of the molecule is Cn1cc(-c2ccsc2)c(C#N)n1. The lowest BCUT2D eigenvalue weighted by Crippen LogP contribution is -1.86. The van der Waals surface area contributed by atoms with Crippen LogP contribution in [0.15, 0.2) is 23.0 Å². The van der Waals surface area contributed by atoms with Crippen LogP contribution in [0.2, 0.25) is 0 Å². The van der Waals surface area contributed by atoms with E-state index in [1.807, 2.05) is 30.1 Å². The molecule has 13 heavy (non-hydrogen) atoms. The van der Waals surface area contributed by atoms with E-state index in [9.17, 15) is 0 Å². The van der Waals surface area contributed by atoms with E-state index in [0.717, 1.165) is 11.1 Å². The first-order valence-electron chi connectivity index (χ1n) is 3.77. The fourth-order valence-electron chi connectivity index (χ4n) is 1.20. The molecule has 0 N–H and O–H groups in total. The average molecular weight is 189 g/mol. The molecule has 0 fully saturated rings. The van der Waals surface area contributed by atoms with Gasteiger partial charge in [-0.15, -0.1) is 0 Å². The van der Waals surface area contributed by atoms with Gasteiger partial charge >= 0.3 is 0 Å². The normalized spacial score (nSPS) is 9.85. The Hall–Kier alpha value is -1.60. The molecule has 0 atom stereocenters. The molecular formula is C9H7N3S. The highest BCUT2D eigenvalue weighted by atomic mass is 32.1. The predicted octanol–water partition coefficient (Wildman–Crippen LogP) is 2.02. The van der Waals surface area contributed by atoms with E-state index in [2.05, 4.69) is 11.2 Å². The molecule has 3 nitrogen and oxygen atoms in total. The zero-order valence-electron chi connectivity index (χ0n) is 7.06. The quantitative estimate of drug-likeness (QED) is 0.688. The fraction of sp³-hybridized carbons (Fsp3) is 0.111. The van der Waals surface area contributed by atoms with Gasteiger partial charge in [-0.3, -0.25) is 4.68 Å². The van der Waals surface area contributed by atoms with Crippen LogP contribution in [0.3, 0.4) is 0 Å². The average Bonchev–Trinajstić information content (AvgIpc) is 2.71. The number of thiophene rings is 1. The van der Waals surface area contributed by atoms with Gasteiger partial charge in [0.25, 0.3) is 0 Å². The zero-order valence-corrected chi connectivity index (χ0v) is 7.88. The molecule has 0 bridgehead atoms. The molecule has 0 aliphatic carbocycles. The van der Waals surface area contributed by atoms with E-state index in [1.54, 1.807) is 16.0 Å². The molecule has 0 radical (unpaired) electrons. The summed E-state index contributed by atoms with van der Waals surface area (Å²) in [5, 5.41) is 16.9. The second kappa shape index (κ2) is 3.04. The van der Waals surface area contributed by atoms with Crippen molar-refractivity contribution in [2.75, 3.05) is 0 Å². The monoisotopic (exact) mass is 189 g/mol. The Balaban J connectivity index is 2.59. The molecule has 2 aromatic heterocycles. The summed E-state index contributed by atoms with van der Waals surface area (Å²) in [4.78, 5) is 0. The Morgan fingerprint density at radius 2 is 2.46 bits per heavy atom. The number of hydrogen-bond acceptors (Lipinski definition) is 3. The van der Waals surface area contributed by atoms with Gasteiger partial charge in [-0.25, -0.2) is 0 Å². The third kappa shape index (κ3) is 1.34. The lowest BCUT2D eigenvalue weighted by molar-refractivity contribution is 0.763. The molecule has 0 spiro atoms. The molecule has 0 amide bonds. The third-order valence-electron chi connectivity index (χ3n) is 1.77. The summed E-state index contributed by atoms with van der Waals surface area (Å²) in [7, 11) is 1.82. The minimum Gasteiger partial charge on any atom is -0.274 e. The van der Waals surface area contributed by atoms with Crippen LogP contribution in [0, 0.1) is 11.3 Å². The molecule has 0 saturated carbocycles. The Morgan fingerprint density at radius 1 is 1.62 bits per heavy atom. The van der Waals surface area contributed by atoms with Crippen LogP contribution < -0.4 is 0 Å². The van der Waals surface area contributed by atoms with Gasteiger partial charge in [-0.2, -0.15) is 21.7 Å². The minimum atomic E-state index is 0.487. The fourth-order valence-corrected chi connectivity index (χ4v) is 1.86. The van der Waals surface area contributed by atoms with Gasteiger partial charge in [-0.1, -0.05) is 0 Å². The summed E-state index contributed by atoms with van der Waals surface area (Å²) in [6, 6.07) is 4.07. The number of nitrogens with zero attached hydrogens (tertiary/aromatic N) is 3. The topological polar surface area (TPSA) is 41.6 Å². The van der Waals surface area contributed by atoms with Gasteiger partial charge < -0.3 is 0 Å². The van der Waals surface area contributed by atoms with Crippen LogP contribution in [-0.4, -0.2) is 9.78 Å². The first-order valence-corrected chi connectivity index (χ1v) is 4.72. The van der Waals surface area contributed by atoms with Gasteiger partial charge in [0.15, 0.2) is 5.69 Å². The van der Waals surface area contributed by atoms with E-state index in [1.165, 1.54) is 0 Å². The highest BCUT2D eigenvalue weighted by Gasteiger charge is 2.08. The van der Waals surface area contributed by atoms with E-state index >= 15 is 0 Å². The number of nitriles is 1. The van der Waals surface area contributed by atoms with Crippen LogP contribution >= 0.6 is 11.3 Å². The molecule has 0 unspecified atom stereocenters. The van der Waals surface area contributed by atoms with E-state index in [-0.39, 0.29) is 0 Å². The zero-order chi connectivity index (χ0) is 9.26. The van der Waals surface area contributed by atoms with E-state index in [4.69, 9.17) is 5.26 Å². The first kappa shape index (κ1) is 8.02. The van der Waals surface area contributed by atoms with Crippen LogP contribution in [0.4, 0.5) is 0 Å². The maximum absolute atomic E-state index is 8.81. The smallest absolute Gasteiger partial charge is 0.170 e. The van der Waals surface area contributed by atoms with Crippen molar-refractivity contribution >= 4 is 11.3 Å². The van der Waals surface area contributed by atoms with Crippen LogP contribution in [0.5, 0.6) is 0 Å². The Morgan fingerprint density at radius 3 is 3.08 bits per heavy atom. The Bertz CT molecular complexity index is 448. The lowest BCUT2D eigenvalue weighted by atomic mass is 10.1. The molecule has 2 rings (SSSR count). The van der Waals surface area contributed by atoms with Crippen molar-refractivity contribution < 1.29 is 0 Å². The summed E-state index contributed by atoms with van der Waals surface area (Å²) in [5.41, 5.74) is 2.46. The molecule has 2 aromatic rings. The summed E-state index contributed by atoms with van der Waals surface area (Å²) >= 11 is 1.62. The summed E-state index contributed by atoms with van der Waals surface area (Å²) in [5.74, 6) is 0. The number of aromatic nitrogens is 2. The maximum Gasteiger partial charge on any atom is 0.170 e. The highest BCUT2D eigenvalue weighted by molar-refractivity contribution is 7.08. The second-order valence-corrected chi connectivity index (χ2v) is 3.47. The largest absolute Gasteiger partial charge is 0.274 e. The molecule has 0 aliphatic rings. The van der Waals surface area contributed by atoms with Crippen molar-refractivity contribution in [3.8, 4) is 17.2 Å². The highest BCUT2D eigenvalue weighted by Crippen LogP contribution is 2.24. The molecular weight excluding hydrogens is 182 g/mol. The maximum atomic E-state index is 8.81. The number of hydrogen-bond donors (Lipinski definition) is 0. The van der Waals surface area contributed by atoms with Crippen LogP contribution in [0.1, 0.15) is 5.69 Å². The van der Waals surface area contributed by atoms with Crippen LogP contribution in [0.25, 0.3) is 11.1 Å². The van der Waals surface area contributed by atoms with Gasteiger partial charge in [0.1, 0.15) is 6.07 Å². The van der Waals surface area contributed by atoms with Gasteiger partial charge in [0.05, 0.1) is 0 Å². The summed E-state index contributed by atoms with van der Waals surface area (Å²) < 4.78 is 1.66.